The molecule has 2 aromatic rings. The maximum Gasteiger partial charge on any atom is 0.0516 e. The van der Waals surface area contributed by atoms with Gasteiger partial charge >= 0.3 is 0 Å². The number of anilines is 1. The molecule has 1 atom stereocenters. The summed E-state index contributed by atoms with van der Waals surface area (Å²) in [6.45, 7) is 4.53. The van der Waals surface area contributed by atoms with E-state index in [0.717, 1.165) is 6.42 Å². The van der Waals surface area contributed by atoms with Gasteiger partial charge in [-0.2, -0.15) is 0 Å². The third-order valence-corrected chi connectivity index (χ3v) is 3.02. The molecule has 0 heterocycles. The number of hydrogen-bond donors (Lipinski definition) is 1. The van der Waals surface area contributed by atoms with Gasteiger partial charge in [-0.3, -0.25) is 0 Å². The van der Waals surface area contributed by atoms with Crippen LogP contribution in [0.25, 0.3) is 0 Å². The van der Waals surface area contributed by atoms with Crippen molar-refractivity contribution in [1.82, 2.24) is 0 Å². The van der Waals surface area contributed by atoms with E-state index < -0.39 is 0 Å². The SMILES string of the molecule is CC(C)C[C@H](Nc1ccccc1)c1ccccc1. The highest BCUT2D eigenvalue weighted by atomic mass is 14.9. The van der Waals surface area contributed by atoms with E-state index in [1.165, 1.54) is 11.3 Å². The van der Waals surface area contributed by atoms with Gasteiger partial charge in [0, 0.05) is 5.69 Å². The maximum atomic E-state index is 3.63. The third-order valence-electron chi connectivity index (χ3n) is 3.02. The summed E-state index contributed by atoms with van der Waals surface area (Å²) < 4.78 is 0. The molecule has 1 heteroatoms. The second kappa shape index (κ2) is 6.25. The van der Waals surface area contributed by atoms with Crippen LogP contribution in [0.2, 0.25) is 0 Å². The fourth-order valence-corrected chi connectivity index (χ4v) is 2.17. The van der Waals surface area contributed by atoms with Crippen molar-refractivity contribution in [2.45, 2.75) is 26.3 Å². The van der Waals surface area contributed by atoms with Gasteiger partial charge in [-0.1, -0.05) is 62.4 Å². The zero-order valence-electron chi connectivity index (χ0n) is 11.1. The van der Waals surface area contributed by atoms with Crippen LogP contribution in [-0.4, -0.2) is 0 Å². The Morgan fingerprint density at radius 1 is 0.833 bits per heavy atom. The van der Waals surface area contributed by atoms with Gasteiger partial charge < -0.3 is 5.32 Å². The van der Waals surface area contributed by atoms with Crippen LogP contribution in [0.1, 0.15) is 31.9 Å². The molecule has 0 fully saturated rings. The lowest BCUT2D eigenvalue weighted by Crippen LogP contribution is -2.13. The van der Waals surface area contributed by atoms with Crippen molar-refractivity contribution < 1.29 is 0 Å². The van der Waals surface area contributed by atoms with Crippen molar-refractivity contribution >= 4 is 5.69 Å². The summed E-state index contributed by atoms with van der Waals surface area (Å²) in [5.74, 6) is 0.673. The normalized spacial score (nSPS) is 12.4. The lowest BCUT2D eigenvalue weighted by molar-refractivity contribution is 0.531. The van der Waals surface area contributed by atoms with Crippen LogP contribution >= 0.6 is 0 Å². The Labute approximate surface area is 110 Å². The van der Waals surface area contributed by atoms with Crippen molar-refractivity contribution in [3.63, 3.8) is 0 Å². The summed E-state index contributed by atoms with van der Waals surface area (Å²) in [6, 6.07) is 21.5. The van der Waals surface area contributed by atoms with E-state index in [9.17, 15) is 0 Å². The van der Waals surface area contributed by atoms with Gasteiger partial charge in [-0.05, 0) is 30.0 Å². The number of para-hydroxylation sites is 1. The first-order chi connectivity index (χ1) is 8.75. The molecule has 2 aromatic carbocycles. The molecule has 94 valence electrons. The smallest absolute Gasteiger partial charge is 0.0516 e. The molecule has 0 aliphatic carbocycles. The zero-order chi connectivity index (χ0) is 12.8. The molecule has 0 aliphatic rings. The Kier molecular flexibility index (Phi) is 4.40. The zero-order valence-corrected chi connectivity index (χ0v) is 11.1. The largest absolute Gasteiger partial charge is 0.378 e. The molecule has 0 unspecified atom stereocenters. The van der Waals surface area contributed by atoms with Crippen LogP contribution in [0.15, 0.2) is 60.7 Å². The van der Waals surface area contributed by atoms with Crippen LogP contribution in [0, 0.1) is 5.92 Å². The average Bonchev–Trinajstić information content (AvgIpc) is 2.40. The fraction of sp³-hybridized carbons (Fsp3) is 0.294. The minimum atomic E-state index is 0.383. The Hall–Kier alpha value is -1.76. The van der Waals surface area contributed by atoms with E-state index in [0.29, 0.717) is 12.0 Å². The van der Waals surface area contributed by atoms with Crippen LogP contribution in [0.3, 0.4) is 0 Å². The summed E-state index contributed by atoms with van der Waals surface area (Å²) in [6.07, 6.45) is 1.14. The van der Waals surface area contributed by atoms with E-state index in [2.05, 4.69) is 73.8 Å². The van der Waals surface area contributed by atoms with Crippen molar-refractivity contribution in [3.05, 3.63) is 66.2 Å². The standard InChI is InChI=1S/C17H21N/c1-14(2)13-17(15-9-5-3-6-10-15)18-16-11-7-4-8-12-16/h3-12,14,17-18H,13H2,1-2H3/t17-/m0/s1. The fourth-order valence-electron chi connectivity index (χ4n) is 2.17. The highest BCUT2D eigenvalue weighted by Crippen LogP contribution is 2.25. The highest BCUT2D eigenvalue weighted by Gasteiger charge is 2.12. The summed E-state index contributed by atoms with van der Waals surface area (Å²) in [5.41, 5.74) is 2.54. The predicted octanol–water partition coefficient (Wildman–Crippen LogP) is 4.89. The highest BCUT2D eigenvalue weighted by molar-refractivity contribution is 5.45. The molecule has 0 radical (unpaired) electrons. The molecule has 0 aliphatic heterocycles. The van der Waals surface area contributed by atoms with Crippen LogP contribution in [-0.2, 0) is 0 Å². The van der Waals surface area contributed by atoms with E-state index in [1.807, 2.05) is 6.07 Å². The van der Waals surface area contributed by atoms with Crippen LogP contribution < -0.4 is 5.32 Å². The first kappa shape index (κ1) is 12.7. The topological polar surface area (TPSA) is 12.0 Å². The van der Waals surface area contributed by atoms with E-state index in [-0.39, 0.29) is 0 Å². The first-order valence-electron chi connectivity index (χ1n) is 6.62. The average molecular weight is 239 g/mol. The van der Waals surface area contributed by atoms with Crippen molar-refractivity contribution in [1.29, 1.82) is 0 Å². The van der Waals surface area contributed by atoms with E-state index in [4.69, 9.17) is 0 Å². The maximum absolute atomic E-state index is 3.63. The summed E-state index contributed by atoms with van der Waals surface area (Å²) >= 11 is 0. The Bertz CT molecular complexity index is 448. The molecule has 0 spiro atoms. The van der Waals surface area contributed by atoms with E-state index >= 15 is 0 Å². The van der Waals surface area contributed by atoms with Crippen LogP contribution in [0.4, 0.5) is 5.69 Å². The predicted molar refractivity (Wildman–Crippen MR) is 78.7 cm³/mol. The van der Waals surface area contributed by atoms with Gasteiger partial charge in [0.25, 0.3) is 0 Å². The van der Waals surface area contributed by atoms with E-state index in [1.54, 1.807) is 0 Å². The van der Waals surface area contributed by atoms with Gasteiger partial charge in [-0.15, -0.1) is 0 Å². The Morgan fingerprint density at radius 3 is 1.94 bits per heavy atom. The molecule has 0 amide bonds. The first-order valence-corrected chi connectivity index (χ1v) is 6.62. The molecule has 1 N–H and O–H groups in total. The van der Waals surface area contributed by atoms with Gasteiger partial charge in [0.2, 0.25) is 0 Å². The number of nitrogens with one attached hydrogen (secondary N) is 1. The lowest BCUT2D eigenvalue weighted by atomic mass is 9.97. The Morgan fingerprint density at radius 2 is 1.39 bits per heavy atom. The number of benzene rings is 2. The second-order valence-electron chi connectivity index (χ2n) is 5.10. The summed E-state index contributed by atoms with van der Waals surface area (Å²) in [5, 5.41) is 3.63. The number of hydrogen-bond acceptors (Lipinski definition) is 1. The summed E-state index contributed by atoms with van der Waals surface area (Å²) in [7, 11) is 0. The van der Waals surface area contributed by atoms with Gasteiger partial charge in [-0.25, -0.2) is 0 Å². The van der Waals surface area contributed by atoms with Crippen molar-refractivity contribution in [2.24, 2.45) is 5.92 Å². The number of rotatable bonds is 5. The van der Waals surface area contributed by atoms with Gasteiger partial charge in [0.15, 0.2) is 0 Å². The molecule has 2 rings (SSSR count). The minimum absolute atomic E-state index is 0.383. The van der Waals surface area contributed by atoms with Crippen LogP contribution in [0.5, 0.6) is 0 Å². The molecule has 0 aromatic heterocycles. The molecular weight excluding hydrogens is 218 g/mol. The lowest BCUT2D eigenvalue weighted by Gasteiger charge is -2.22. The molecule has 18 heavy (non-hydrogen) atoms. The molecule has 1 nitrogen and oxygen atoms in total. The monoisotopic (exact) mass is 239 g/mol. The third kappa shape index (κ3) is 3.63. The Balaban J connectivity index is 2.16. The summed E-state index contributed by atoms with van der Waals surface area (Å²) in [4.78, 5) is 0. The molecule has 0 saturated carbocycles. The van der Waals surface area contributed by atoms with Crippen molar-refractivity contribution in [2.75, 3.05) is 5.32 Å². The van der Waals surface area contributed by atoms with Gasteiger partial charge in [0.05, 0.1) is 6.04 Å². The molecular formula is C17H21N. The second-order valence-corrected chi connectivity index (χ2v) is 5.10. The van der Waals surface area contributed by atoms with Gasteiger partial charge in [0.1, 0.15) is 0 Å². The minimum Gasteiger partial charge on any atom is -0.378 e. The molecule has 0 saturated heterocycles. The quantitative estimate of drug-likeness (QED) is 0.783. The van der Waals surface area contributed by atoms with Crippen molar-refractivity contribution in [3.8, 4) is 0 Å². The molecule has 0 bridgehead atoms.